The SMILES string of the molecule is NCCNC(=O)CCS(=O)(=O)CC(=O)N1CCCC1. The highest BCUT2D eigenvalue weighted by Crippen LogP contribution is 2.08. The number of carbonyl (C=O) groups is 2. The largest absolute Gasteiger partial charge is 0.355 e. The molecule has 1 fully saturated rings. The van der Waals surface area contributed by atoms with Gasteiger partial charge in [0, 0.05) is 32.6 Å². The van der Waals surface area contributed by atoms with Crippen molar-refractivity contribution < 1.29 is 18.0 Å². The van der Waals surface area contributed by atoms with Gasteiger partial charge in [0.15, 0.2) is 9.84 Å². The average Bonchev–Trinajstić information content (AvgIpc) is 2.87. The zero-order valence-corrected chi connectivity index (χ0v) is 11.7. The summed E-state index contributed by atoms with van der Waals surface area (Å²) in [7, 11) is -3.52. The summed E-state index contributed by atoms with van der Waals surface area (Å²) in [5, 5.41) is 2.49. The third-order valence-electron chi connectivity index (χ3n) is 2.91. The van der Waals surface area contributed by atoms with Crippen LogP contribution >= 0.6 is 0 Å². The van der Waals surface area contributed by atoms with Crippen molar-refractivity contribution in [3.8, 4) is 0 Å². The van der Waals surface area contributed by atoms with Crippen LogP contribution in [0.15, 0.2) is 0 Å². The molecular weight excluding hydrogens is 270 g/mol. The molecule has 0 bridgehead atoms. The van der Waals surface area contributed by atoms with E-state index >= 15 is 0 Å². The molecule has 110 valence electrons. The highest BCUT2D eigenvalue weighted by atomic mass is 32.2. The molecule has 0 unspecified atom stereocenters. The maximum atomic E-state index is 11.7. The molecule has 7 nitrogen and oxygen atoms in total. The van der Waals surface area contributed by atoms with Crippen LogP contribution in [0.5, 0.6) is 0 Å². The van der Waals surface area contributed by atoms with Gasteiger partial charge in [-0.15, -0.1) is 0 Å². The summed E-state index contributed by atoms with van der Waals surface area (Å²) >= 11 is 0. The number of nitrogens with two attached hydrogens (primary N) is 1. The maximum Gasteiger partial charge on any atom is 0.237 e. The minimum absolute atomic E-state index is 0.129. The van der Waals surface area contributed by atoms with Gasteiger partial charge in [-0.2, -0.15) is 0 Å². The molecule has 0 radical (unpaired) electrons. The van der Waals surface area contributed by atoms with Crippen LogP contribution in [0.1, 0.15) is 19.3 Å². The molecular formula is C11H21N3O4S. The molecule has 0 atom stereocenters. The predicted molar refractivity (Wildman–Crippen MR) is 71.1 cm³/mol. The molecule has 0 aliphatic carbocycles. The minimum Gasteiger partial charge on any atom is -0.355 e. The first-order valence-corrected chi connectivity index (χ1v) is 8.22. The Labute approximate surface area is 113 Å². The predicted octanol–water partition coefficient (Wildman–Crippen LogP) is -1.51. The van der Waals surface area contributed by atoms with Crippen molar-refractivity contribution in [3.63, 3.8) is 0 Å². The van der Waals surface area contributed by atoms with Crippen LogP contribution in [0.4, 0.5) is 0 Å². The van der Waals surface area contributed by atoms with Crippen molar-refractivity contribution in [2.24, 2.45) is 5.73 Å². The van der Waals surface area contributed by atoms with Crippen molar-refractivity contribution in [1.29, 1.82) is 0 Å². The lowest BCUT2D eigenvalue weighted by Crippen LogP contribution is -2.35. The lowest BCUT2D eigenvalue weighted by atomic mass is 10.4. The van der Waals surface area contributed by atoms with E-state index in [1.54, 1.807) is 4.90 Å². The summed E-state index contributed by atoms with van der Waals surface area (Å²) in [6, 6.07) is 0. The van der Waals surface area contributed by atoms with Crippen LogP contribution in [0.25, 0.3) is 0 Å². The van der Waals surface area contributed by atoms with Gasteiger partial charge in [0.25, 0.3) is 0 Å². The Morgan fingerprint density at radius 1 is 1.21 bits per heavy atom. The van der Waals surface area contributed by atoms with Crippen molar-refractivity contribution in [1.82, 2.24) is 10.2 Å². The van der Waals surface area contributed by atoms with Gasteiger partial charge in [-0.25, -0.2) is 8.42 Å². The Hall–Kier alpha value is -1.15. The number of hydrogen-bond donors (Lipinski definition) is 2. The van der Waals surface area contributed by atoms with Gasteiger partial charge in [-0.3, -0.25) is 9.59 Å². The Morgan fingerprint density at radius 3 is 2.42 bits per heavy atom. The van der Waals surface area contributed by atoms with Gasteiger partial charge in [-0.05, 0) is 12.8 Å². The lowest BCUT2D eigenvalue weighted by Gasteiger charge is -2.15. The van der Waals surface area contributed by atoms with E-state index < -0.39 is 15.6 Å². The van der Waals surface area contributed by atoms with Gasteiger partial charge < -0.3 is 16.0 Å². The van der Waals surface area contributed by atoms with Gasteiger partial charge in [0.1, 0.15) is 5.75 Å². The average molecular weight is 291 g/mol. The van der Waals surface area contributed by atoms with Gasteiger partial charge in [0.05, 0.1) is 5.75 Å². The van der Waals surface area contributed by atoms with E-state index in [1.165, 1.54) is 0 Å². The molecule has 19 heavy (non-hydrogen) atoms. The number of nitrogens with zero attached hydrogens (tertiary/aromatic N) is 1. The second kappa shape index (κ2) is 7.44. The summed E-state index contributed by atoms with van der Waals surface area (Å²) in [4.78, 5) is 24.5. The highest BCUT2D eigenvalue weighted by Gasteiger charge is 2.24. The maximum absolute atomic E-state index is 11.7. The number of nitrogens with one attached hydrogen (secondary N) is 1. The van der Waals surface area contributed by atoms with Crippen LogP contribution in [-0.4, -0.2) is 62.8 Å². The molecule has 0 aromatic rings. The molecule has 1 aliphatic rings. The smallest absolute Gasteiger partial charge is 0.237 e. The van der Waals surface area contributed by atoms with Crippen molar-refractivity contribution >= 4 is 21.7 Å². The van der Waals surface area contributed by atoms with Crippen molar-refractivity contribution in [2.75, 3.05) is 37.7 Å². The topological polar surface area (TPSA) is 110 Å². The van der Waals surface area contributed by atoms with Crippen LogP contribution < -0.4 is 11.1 Å². The quantitative estimate of drug-likeness (QED) is 0.592. The molecule has 8 heteroatoms. The first kappa shape index (κ1) is 15.9. The number of carbonyl (C=O) groups excluding carboxylic acids is 2. The zero-order chi connectivity index (χ0) is 14.3. The Morgan fingerprint density at radius 2 is 1.84 bits per heavy atom. The standard InChI is InChI=1S/C11H21N3O4S/c12-4-5-13-10(15)3-8-19(17,18)9-11(16)14-6-1-2-7-14/h1-9,12H2,(H,13,15). The normalized spacial score (nSPS) is 15.5. The first-order valence-electron chi connectivity index (χ1n) is 6.39. The van der Waals surface area contributed by atoms with E-state index in [9.17, 15) is 18.0 Å². The van der Waals surface area contributed by atoms with E-state index in [4.69, 9.17) is 5.73 Å². The van der Waals surface area contributed by atoms with Crippen LogP contribution in [0.2, 0.25) is 0 Å². The Kier molecular flexibility index (Phi) is 6.23. The second-order valence-corrected chi connectivity index (χ2v) is 6.75. The number of hydrogen-bond acceptors (Lipinski definition) is 5. The van der Waals surface area contributed by atoms with Crippen LogP contribution in [-0.2, 0) is 19.4 Å². The third kappa shape index (κ3) is 6.02. The molecule has 2 amide bonds. The number of likely N-dealkylation sites (tertiary alicyclic amines) is 1. The van der Waals surface area contributed by atoms with Gasteiger partial charge in [0.2, 0.25) is 11.8 Å². The first-order chi connectivity index (χ1) is 8.94. The molecule has 1 saturated heterocycles. The molecule has 3 N–H and O–H groups in total. The number of sulfone groups is 1. The van der Waals surface area contributed by atoms with E-state index in [2.05, 4.69) is 5.32 Å². The molecule has 1 aliphatic heterocycles. The summed E-state index contributed by atoms with van der Waals surface area (Å²) < 4.78 is 23.4. The monoisotopic (exact) mass is 291 g/mol. The summed E-state index contributed by atoms with van der Waals surface area (Å²) in [6.45, 7) is 1.90. The van der Waals surface area contributed by atoms with Crippen molar-refractivity contribution in [2.45, 2.75) is 19.3 Å². The van der Waals surface area contributed by atoms with E-state index in [1.807, 2.05) is 0 Å². The van der Waals surface area contributed by atoms with Crippen molar-refractivity contribution in [3.05, 3.63) is 0 Å². The van der Waals surface area contributed by atoms with Crippen LogP contribution in [0, 0.1) is 0 Å². The van der Waals surface area contributed by atoms with Gasteiger partial charge >= 0.3 is 0 Å². The molecule has 0 aromatic heterocycles. The van der Waals surface area contributed by atoms with E-state index in [0.717, 1.165) is 12.8 Å². The minimum atomic E-state index is -3.52. The Balaban J connectivity index is 2.34. The summed E-state index contributed by atoms with van der Waals surface area (Å²) in [6.07, 6.45) is 1.72. The second-order valence-electron chi connectivity index (χ2n) is 4.57. The third-order valence-corrected chi connectivity index (χ3v) is 4.42. The van der Waals surface area contributed by atoms with E-state index in [0.29, 0.717) is 26.2 Å². The highest BCUT2D eigenvalue weighted by molar-refractivity contribution is 7.92. The number of amides is 2. The molecule has 0 aromatic carbocycles. The number of rotatable bonds is 7. The Bertz CT molecular complexity index is 416. The fourth-order valence-electron chi connectivity index (χ4n) is 1.87. The molecule has 1 heterocycles. The zero-order valence-electron chi connectivity index (χ0n) is 10.9. The summed E-state index contributed by atoms with van der Waals surface area (Å²) in [5.41, 5.74) is 5.21. The van der Waals surface area contributed by atoms with E-state index in [-0.39, 0.29) is 24.0 Å². The molecule has 0 saturated carbocycles. The molecule has 1 rings (SSSR count). The fourth-order valence-corrected chi connectivity index (χ4v) is 3.07. The van der Waals surface area contributed by atoms with Crippen LogP contribution in [0.3, 0.4) is 0 Å². The fraction of sp³-hybridized carbons (Fsp3) is 0.818. The molecule has 0 spiro atoms. The van der Waals surface area contributed by atoms with Gasteiger partial charge in [-0.1, -0.05) is 0 Å². The summed E-state index contributed by atoms with van der Waals surface area (Å²) in [5.74, 6) is -1.53. The lowest BCUT2D eigenvalue weighted by molar-refractivity contribution is -0.127.